The number of carbonyl (C=O) groups is 1. The minimum absolute atomic E-state index is 0.0350. The Morgan fingerprint density at radius 2 is 1.90 bits per heavy atom. The molecule has 30 heavy (non-hydrogen) atoms. The van der Waals surface area contributed by atoms with Gasteiger partial charge in [-0.25, -0.2) is 9.67 Å². The Hall–Kier alpha value is -3.22. The number of anilines is 1. The first-order chi connectivity index (χ1) is 14.6. The first-order valence-corrected chi connectivity index (χ1v) is 10.4. The molecule has 0 radical (unpaired) electrons. The normalized spacial score (nSPS) is 14.6. The third kappa shape index (κ3) is 4.50. The number of pyridine rings is 1. The lowest BCUT2D eigenvalue weighted by Gasteiger charge is -2.22. The van der Waals surface area contributed by atoms with E-state index in [1.165, 1.54) is 36.8 Å². The smallest absolute Gasteiger partial charge is 0.274 e. The van der Waals surface area contributed by atoms with E-state index in [1.807, 2.05) is 18.2 Å². The number of benzene rings is 1. The molecular weight excluding hydrogens is 380 g/mol. The van der Waals surface area contributed by atoms with Crippen LogP contribution in [0.15, 0.2) is 47.4 Å². The second kappa shape index (κ2) is 9.07. The summed E-state index contributed by atoms with van der Waals surface area (Å²) < 4.78 is 7.26. The maximum Gasteiger partial charge on any atom is 0.274 e. The van der Waals surface area contributed by atoms with E-state index in [9.17, 15) is 9.59 Å². The zero-order valence-corrected chi connectivity index (χ0v) is 17.1. The van der Waals surface area contributed by atoms with Crippen molar-refractivity contribution in [3.8, 4) is 5.75 Å². The van der Waals surface area contributed by atoms with Gasteiger partial charge in [-0.05, 0) is 37.0 Å². The van der Waals surface area contributed by atoms with E-state index >= 15 is 0 Å². The molecule has 0 saturated heterocycles. The van der Waals surface area contributed by atoms with Crippen LogP contribution in [0, 0.1) is 5.92 Å². The third-order valence-electron chi connectivity index (χ3n) is 5.59. The number of aromatic nitrogens is 3. The van der Waals surface area contributed by atoms with Gasteiger partial charge in [0.25, 0.3) is 5.56 Å². The minimum Gasteiger partial charge on any atom is -0.489 e. The van der Waals surface area contributed by atoms with Gasteiger partial charge in [-0.2, -0.15) is 5.10 Å². The predicted molar refractivity (Wildman–Crippen MR) is 116 cm³/mol. The molecule has 1 amide bonds. The van der Waals surface area contributed by atoms with Crippen molar-refractivity contribution < 1.29 is 9.53 Å². The van der Waals surface area contributed by atoms with Crippen molar-refractivity contribution in [2.24, 2.45) is 13.0 Å². The molecule has 0 bridgehead atoms. The summed E-state index contributed by atoms with van der Waals surface area (Å²) >= 11 is 0. The molecule has 7 nitrogen and oxygen atoms in total. The summed E-state index contributed by atoms with van der Waals surface area (Å²) in [5.74, 6) is 1.29. The number of aryl methyl sites for hydroxylation is 1. The first kappa shape index (κ1) is 20.1. The zero-order chi connectivity index (χ0) is 20.9. The van der Waals surface area contributed by atoms with Crippen LogP contribution in [0.4, 0.5) is 5.82 Å². The molecule has 0 atom stereocenters. The Morgan fingerprint density at radius 1 is 1.13 bits per heavy atom. The molecule has 2 aromatic heterocycles. The van der Waals surface area contributed by atoms with Gasteiger partial charge in [-0.1, -0.05) is 37.5 Å². The lowest BCUT2D eigenvalue weighted by atomic mass is 9.90. The fourth-order valence-corrected chi connectivity index (χ4v) is 4.00. The molecule has 0 spiro atoms. The van der Waals surface area contributed by atoms with Crippen LogP contribution in [-0.4, -0.2) is 27.3 Å². The highest BCUT2D eigenvalue weighted by molar-refractivity contribution is 5.95. The Balaban J connectivity index is 1.48. The number of carbonyl (C=O) groups excluding carboxylic acids is 1. The van der Waals surface area contributed by atoms with Gasteiger partial charge < -0.3 is 10.1 Å². The number of hydrogen-bond donors (Lipinski definition) is 1. The summed E-state index contributed by atoms with van der Waals surface area (Å²) in [7, 11) is 1.59. The van der Waals surface area contributed by atoms with E-state index in [4.69, 9.17) is 4.74 Å². The topological polar surface area (TPSA) is 86.1 Å². The highest BCUT2D eigenvalue weighted by Crippen LogP contribution is 2.27. The van der Waals surface area contributed by atoms with Crippen molar-refractivity contribution in [3.63, 3.8) is 0 Å². The molecule has 156 valence electrons. The number of nitrogens with zero attached hydrogens (tertiary/aromatic N) is 3. The monoisotopic (exact) mass is 406 g/mol. The molecule has 0 aliphatic heterocycles. The van der Waals surface area contributed by atoms with E-state index in [-0.39, 0.29) is 17.9 Å². The van der Waals surface area contributed by atoms with Crippen LogP contribution in [-0.2, 0) is 18.3 Å². The summed E-state index contributed by atoms with van der Waals surface area (Å²) in [6.45, 7) is 0.640. The SMILES string of the molecule is Cn1nc(CC(=O)Nc2ncccc2OCC2CCCCC2)c2ccccc2c1=O. The molecule has 2 heterocycles. The molecule has 1 fully saturated rings. The van der Waals surface area contributed by atoms with Crippen molar-refractivity contribution in [3.05, 3.63) is 58.6 Å². The van der Waals surface area contributed by atoms with Crippen LogP contribution >= 0.6 is 0 Å². The maximum atomic E-state index is 12.7. The lowest BCUT2D eigenvalue weighted by Crippen LogP contribution is -2.24. The van der Waals surface area contributed by atoms with Gasteiger partial charge in [0.05, 0.1) is 24.1 Å². The molecule has 1 N–H and O–H groups in total. The van der Waals surface area contributed by atoms with Gasteiger partial charge in [0.1, 0.15) is 0 Å². The number of amides is 1. The van der Waals surface area contributed by atoms with Crippen LogP contribution in [0.2, 0.25) is 0 Å². The Labute approximate surface area is 175 Å². The first-order valence-electron chi connectivity index (χ1n) is 10.4. The van der Waals surface area contributed by atoms with Crippen LogP contribution in [0.3, 0.4) is 0 Å². The van der Waals surface area contributed by atoms with Crippen LogP contribution < -0.4 is 15.6 Å². The van der Waals surface area contributed by atoms with E-state index in [0.29, 0.717) is 40.6 Å². The van der Waals surface area contributed by atoms with Gasteiger partial charge in [-0.3, -0.25) is 9.59 Å². The van der Waals surface area contributed by atoms with Crippen molar-refractivity contribution in [2.45, 2.75) is 38.5 Å². The Morgan fingerprint density at radius 3 is 2.70 bits per heavy atom. The standard InChI is InChI=1S/C23H26N4O3/c1-27-23(29)18-11-6-5-10-17(18)19(26-27)14-21(28)25-22-20(12-7-13-24-22)30-15-16-8-3-2-4-9-16/h5-7,10-13,16H,2-4,8-9,14-15H2,1H3,(H,24,25,28). The summed E-state index contributed by atoms with van der Waals surface area (Å²) in [5.41, 5.74) is 0.365. The number of hydrogen-bond acceptors (Lipinski definition) is 5. The summed E-state index contributed by atoms with van der Waals surface area (Å²) in [6, 6.07) is 10.8. The van der Waals surface area contributed by atoms with Gasteiger partial charge in [0.2, 0.25) is 5.91 Å². The van der Waals surface area contributed by atoms with Gasteiger partial charge in [-0.15, -0.1) is 0 Å². The molecule has 1 aliphatic rings. The number of fused-ring (bicyclic) bond motifs is 1. The summed E-state index contributed by atoms with van der Waals surface area (Å²) in [6.07, 6.45) is 7.85. The predicted octanol–water partition coefficient (Wildman–Crippen LogP) is 3.47. The average molecular weight is 406 g/mol. The van der Waals surface area contributed by atoms with E-state index in [0.717, 1.165) is 0 Å². The fourth-order valence-electron chi connectivity index (χ4n) is 4.00. The van der Waals surface area contributed by atoms with Gasteiger partial charge in [0.15, 0.2) is 11.6 Å². The third-order valence-corrected chi connectivity index (χ3v) is 5.59. The molecule has 3 aromatic rings. The van der Waals surface area contributed by atoms with Gasteiger partial charge in [0, 0.05) is 18.6 Å². The highest BCUT2D eigenvalue weighted by atomic mass is 16.5. The van der Waals surface area contributed by atoms with E-state index in [1.54, 1.807) is 31.4 Å². The lowest BCUT2D eigenvalue weighted by molar-refractivity contribution is -0.115. The number of ether oxygens (including phenoxy) is 1. The molecule has 1 saturated carbocycles. The molecule has 7 heteroatoms. The summed E-state index contributed by atoms with van der Waals surface area (Å²) in [5, 5.41) is 8.37. The maximum absolute atomic E-state index is 12.7. The van der Waals surface area contributed by atoms with Crippen molar-refractivity contribution in [2.75, 3.05) is 11.9 Å². The second-order valence-corrected chi connectivity index (χ2v) is 7.81. The molecular formula is C23H26N4O3. The fraction of sp³-hybridized carbons (Fsp3) is 0.391. The van der Waals surface area contributed by atoms with Crippen molar-refractivity contribution in [1.29, 1.82) is 0 Å². The van der Waals surface area contributed by atoms with Crippen molar-refractivity contribution in [1.82, 2.24) is 14.8 Å². The molecule has 1 aliphatic carbocycles. The summed E-state index contributed by atoms with van der Waals surface area (Å²) in [4.78, 5) is 29.3. The minimum atomic E-state index is -0.257. The van der Waals surface area contributed by atoms with Crippen LogP contribution in [0.25, 0.3) is 10.8 Å². The van der Waals surface area contributed by atoms with E-state index in [2.05, 4.69) is 15.4 Å². The Kier molecular flexibility index (Phi) is 6.07. The van der Waals surface area contributed by atoms with Crippen LogP contribution in [0.1, 0.15) is 37.8 Å². The second-order valence-electron chi connectivity index (χ2n) is 7.81. The quantitative estimate of drug-likeness (QED) is 0.677. The molecule has 1 aromatic carbocycles. The Bertz CT molecular complexity index is 1100. The van der Waals surface area contributed by atoms with Gasteiger partial charge >= 0.3 is 0 Å². The zero-order valence-electron chi connectivity index (χ0n) is 17.1. The van der Waals surface area contributed by atoms with E-state index < -0.39 is 0 Å². The largest absolute Gasteiger partial charge is 0.489 e. The van der Waals surface area contributed by atoms with Crippen molar-refractivity contribution >= 4 is 22.5 Å². The number of nitrogens with one attached hydrogen (secondary N) is 1. The van der Waals surface area contributed by atoms with Crippen LogP contribution in [0.5, 0.6) is 5.75 Å². The molecule has 4 rings (SSSR count). The number of rotatable bonds is 6. The highest BCUT2D eigenvalue weighted by Gasteiger charge is 2.17. The average Bonchev–Trinajstić information content (AvgIpc) is 2.77. The molecule has 0 unspecified atom stereocenters.